The summed E-state index contributed by atoms with van der Waals surface area (Å²) in [6.45, 7) is 4.55. The molecule has 1 aliphatic rings. The van der Waals surface area contributed by atoms with Crippen LogP contribution in [-0.2, 0) is 0 Å². The van der Waals surface area contributed by atoms with E-state index >= 15 is 0 Å². The largest absolute Gasteiger partial charge is 0.313 e. The first kappa shape index (κ1) is 15.3. The Labute approximate surface area is 131 Å². The molecule has 2 heteroatoms. The van der Waals surface area contributed by atoms with Crippen molar-refractivity contribution in [2.24, 2.45) is 11.8 Å². The maximum absolute atomic E-state index is 3.58. The van der Waals surface area contributed by atoms with Crippen LogP contribution in [0.2, 0.25) is 0 Å². The van der Waals surface area contributed by atoms with Crippen molar-refractivity contribution in [3.8, 4) is 0 Å². The molecule has 0 amide bonds. The molecule has 1 aromatic rings. The van der Waals surface area contributed by atoms with Crippen LogP contribution in [0.4, 0.5) is 0 Å². The van der Waals surface area contributed by atoms with Crippen molar-refractivity contribution < 1.29 is 0 Å². The Morgan fingerprint density at radius 3 is 2.53 bits per heavy atom. The van der Waals surface area contributed by atoms with E-state index in [0.29, 0.717) is 6.04 Å². The smallest absolute Gasteiger partial charge is 0.0356 e. The van der Waals surface area contributed by atoms with Crippen LogP contribution >= 0.6 is 22.6 Å². The summed E-state index contributed by atoms with van der Waals surface area (Å²) in [5.41, 5.74) is 2.91. The zero-order valence-corrected chi connectivity index (χ0v) is 14.5. The molecule has 1 aromatic carbocycles. The third-order valence-electron chi connectivity index (χ3n) is 4.81. The van der Waals surface area contributed by atoms with Gasteiger partial charge in [-0.1, -0.05) is 44.4 Å². The van der Waals surface area contributed by atoms with Gasteiger partial charge in [-0.05, 0) is 72.4 Å². The maximum Gasteiger partial charge on any atom is 0.0356 e. The molecule has 0 spiro atoms. The summed E-state index contributed by atoms with van der Waals surface area (Å²) in [6, 6.07) is 7.26. The molecule has 2 rings (SSSR count). The van der Waals surface area contributed by atoms with Crippen LogP contribution in [0.15, 0.2) is 18.2 Å². The minimum absolute atomic E-state index is 0.532. The molecule has 19 heavy (non-hydrogen) atoms. The third-order valence-corrected chi connectivity index (χ3v) is 6.28. The lowest BCUT2D eigenvalue weighted by Gasteiger charge is -2.34. The van der Waals surface area contributed by atoms with Crippen LogP contribution < -0.4 is 5.32 Å². The second-order valence-corrected chi connectivity index (χ2v) is 7.01. The highest BCUT2D eigenvalue weighted by Gasteiger charge is 2.28. The topological polar surface area (TPSA) is 12.0 Å². The highest BCUT2D eigenvalue weighted by atomic mass is 127. The second kappa shape index (κ2) is 7.07. The monoisotopic (exact) mass is 371 g/mol. The number of hydrogen-bond acceptors (Lipinski definition) is 1. The van der Waals surface area contributed by atoms with Gasteiger partial charge in [-0.15, -0.1) is 0 Å². The Hall–Kier alpha value is -0.0900. The molecular weight excluding hydrogens is 345 g/mol. The minimum Gasteiger partial charge on any atom is -0.313 e. The Bertz CT molecular complexity index is 408. The van der Waals surface area contributed by atoms with E-state index in [1.165, 1.54) is 46.8 Å². The lowest BCUT2D eigenvalue weighted by atomic mass is 9.76. The van der Waals surface area contributed by atoms with Gasteiger partial charge in [0.1, 0.15) is 0 Å². The van der Waals surface area contributed by atoms with Crippen molar-refractivity contribution in [2.75, 3.05) is 7.05 Å². The van der Waals surface area contributed by atoms with Crippen molar-refractivity contribution in [3.05, 3.63) is 32.9 Å². The summed E-state index contributed by atoms with van der Waals surface area (Å²) < 4.78 is 1.44. The first-order valence-electron chi connectivity index (χ1n) is 7.59. The summed E-state index contributed by atoms with van der Waals surface area (Å²) in [4.78, 5) is 0. The lowest BCUT2D eigenvalue weighted by molar-refractivity contribution is 0.224. The van der Waals surface area contributed by atoms with Crippen molar-refractivity contribution in [2.45, 2.75) is 52.0 Å². The molecule has 106 valence electrons. The Balaban J connectivity index is 2.14. The quantitative estimate of drug-likeness (QED) is 0.728. The Kier molecular flexibility index (Phi) is 5.70. The SMILES string of the molecule is CCC1CCC(C(NC)c2cccc(C)c2I)CC1. The first-order chi connectivity index (χ1) is 9.17. The fraction of sp³-hybridized carbons (Fsp3) is 0.647. The molecule has 0 aliphatic heterocycles. The van der Waals surface area contributed by atoms with E-state index in [0.717, 1.165) is 11.8 Å². The molecule has 0 heterocycles. The molecule has 0 aromatic heterocycles. The van der Waals surface area contributed by atoms with Crippen LogP contribution in [0.25, 0.3) is 0 Å². The molecule has 0 saturated heterocycles. The number of benzene rings is 1. The van der Waals surface area contributed by atoms with Gasteiger partial charge in [-0.3, -0.25) is 0 Å². The van der Waals surface area contributed by atoms with Gasteiger partial charge in [0.05, 0.1) is 0 Å². The molecule has 1 atom stereocenters. The van der Waals surface area contributed by atoms with Gasteiger partial charge < -0.3 is 5.32 Å². The maximum atomic E-state index is 3.58. The summed E-state index contributed by atoms with van der Waals surface area (Å²) >= 11 is 2.51. The fourth-order valence-electron chi connectivity index (χ4n) is 3.49. The van der Waals surface area contributed by atoms with Crippen LogP contribution in [-0.4, -0.2) is 7.05 Å². The minimum atomic E-state index is 0.532. The van der Waals surface area contributed by atoms with Crippen molar-refractivity contribution in [3.63, 3.8) is 0 Å². The second-order valence-electron chi connectivity index (χ2n) is 5.93. The van der Waals surface area contributed by atoms with Crippen LogP contribution in [0.1, 0.15) is 56.2 Å². The molecule has 1 unspecified atom stereocenters. The van der Waals surface area contributed by atoms with Crippen LogP contribution in [0.3, 0.4) is 0 Å². The summed E-state index contributed by atoms with van der Waals surface area (Å²) in [6.07, 6.45) is 6.96. The van der Waals surface area contributed by atoms with Crippen molar-refractivity contribution >= 4 is 22.6 Å². The van der Waals surface area contributed by atoms with Crippen molar-refractivity contribution in [1.29, 1.82) is 0 Å². The molecular formula is C17H26IN. The van der Waals surface area contributed by atoms with Gasteiger partial charge in [0.2, 0.25) is 0 Å². The fourth-order valence-corrected chi connectivity index (χ4v) is 4.18. The zero-order chi connectivity index (χ0) is 13.8. The standard InChI is InChI=1S/C17H26IN/c1-4-13-8-10-14(11-9-13)17(19-3)15-7-5-6-12(2)16(15)18/h5-7,13-14,17,19H,4,8-11H2,1-3H3. The van der Waals surface area contributed by atoms with E-state index in [-0.39, 0.29) is 0 Å². The lowest BCUT2D eigenvalue weighted by Crippen LogP contribution is -2.29. The van der Waals surface area contributed by atoms with Gasteiger partial charge in [-0.25, -0.2) is 0 Å². The van der Waals surface area contributed by atoms with E-state index in [2.05, 4.69) is 67.0 Å². The van der Waals surface area contributed by atoms with E-state index in [9.17, 15) is 0 Å². The number of aryl methyl sites for hydroxylation is 1. The predicted octanol–water partition coefficient (Wildman–Crippen LogP) is 5.08. The number of rotatable bonds is 4. The third kappa shape index (κ3) is 3.52. The van der Waals surface area contributed by atoms with E-state index < -0.39 is 0 Å². The average Bonchev–Trinajstić information content (AvgIpc) is 2.45. The molecule has 1 nitrogen and oxygen atoms in total. The van der Waals surface area contributed by atoms with Gasteiger partial charge in [0.25, 0.3) is 0 Å². The van der Waals surface area contributed by atoms with Crippen LogP contribution in [0.5, 0.6) is 0 Å². The van der Waals surface area contributed by atoms with Gasteiger partial charge in [-0.2, -0.15) is 0 Å². The molecule has 1 N–H and O–H groups in total. The molecule has 1 saturated carbocycles. The van der Waals surface area contributed by atoms with E-state index in [1.807, 2.05) is 0 Å². The predicted molar refractivity (Wildman–Crippen MR) is 91.4 cm³/mol. The summed E-state index contributed by atoms with van der Waals surface area (Å²) in [7, 11) is 2.12. The number of hydrogen-bond donors (Lipinski definition) is 1. The molecule has 0 bridgehead atoms. The van der Waals surface area contributed by atoms with Crippen molar-refractivity contribution in [1.82, 2.24) is 5.32 Å². The summed E-state index contributed by atoms with van der Waals surface area (Å²) in [5.74, 6) is 1.79. The molecule has 0 radical (unpaired) electrons. The average molecular weight is 371 g/mol. The normalized spacial score (nSPS) is 25.3. The first-order valence-corrected chi connectivity index (χ1v) is 8.67. The van der Waals surface area contributed by atoms with Gasteiger partial charge in [0, 0.05) is 9.61 Å². The van der Waals surface area contributed by atoms with Gasteiger partial charge in [0.15, 0.2) is 0 Å². The zero-order valence-electron chi connectivity index (χ0n) is 12.4. The Morgan fingerprint density at radius 2 is 1.95 bits per heavy atom. The molecule has 1 aliphatic carbocycles. The Morgan fingerprint density at radius 1 is 1.26 bits per heavy atom. The van der Waals surface area contributed by atoms with Crippen LogP contribution in [0, 0.1) is 22.3 Å². The summed E-state index contributed by atoms with van der Waals surface area (Å²) in [5, 5.41) is 3.58. The molecule has 1 fully saturated rings. The van der Waals surface area contributed by atoms with E-state index in [1.54, 1.807) is 0 Å². The number of halogens is 1. The highest BCUT2D eigenvalue weighted by molar-refractivity contribution is 14.1. The van der Waals surface area contributed by atoms with Gasteiger partial charge >= 0.3 is 0 Å². The van der Waals surface area contributed by atoms with E-state index in [4.69, 9.17) is 0 Å². The number of nitrogens with one attached hydrogen (secondary N) is 1. The highest BCUT2D eigenvalue weighted by Crippen LogP contribution is 2.39.